The van der Waals surface area contributed by atoms with E-state index >= 15 is 0 Å². The lowest BCUT2D eigenvalue weighted by Gasteiger charge is -2.43. The number of fused-ring (bicyclic) bond motifs is 1. The van der Waals surface area contributed by atoms with E-state index in [1.54, 1.807) is 4.31 Å². The van der Waals surface area contributed by atoms with Crippen LogP contribution in [0.3, 0.4) is 0 Å². The summed E-state index contributed by atoms with van der Waals surface area (Å²) in [4.78, 5) is 27.0. The number of nitrogens with zero attached hydrogens (tertiary/aromatic N) is 3. The molecule has 10 nitrogen and oxygen atoms in total. The molecule has 2 N–H and O–H groups in total. The van der Waals surface area contributed by atoms with Crippen molar-refractivity contribution in [2.24, 2.45) is 17.8 Å². The Morgan fingerprint density at radius 1 is 0.842 bits per heavy atom. The Kier molecular flexibility index (Phi) is 9.17. The first kappa shape index (κ1) is 28.1. The molecule has 4 saturated heterocycles. The van der Waals surface area contributed by atoms with Crippen molar-refractivity contribution in [2.75, 3.05) is 46.4 Å². The Labute approximate surface area is 228 Å². The highest BCUT2D eigenvalue weighted by molar-refractivity contribution is 7.89. The third-order valence-corrected chi connectivity index (χ3v) is 12.4. The van der Waals surface area contributed by atoms with E-state index in [4.69, 9.17) is 0 Å². The Morgan fingerprint density at radius 2 is 1.50 bits per heavy atom. The number of methoxy groups -OCH3 is 1. The fourth-order valence-electron chi connectivity index (χ4n) is 7.70. The normalized spacial score (nSPS) is 34.3. The SMILES string of the molecule is COC(=O)NC1CCC(S(=O)(=O)N2CCC(C3CCN4NCC(C(=O)N5CCCCCC5)C4C3)CC2)CC1. The van der Waals surface area contributed by atoms with Crippen molar-refractivity contribution in [2.45, 2.75) is 94.4 Å². The molecule has 0 aromatic rings. The Balaban J connectivity index is 1.12. The zero-order valence-electron chi connectivity index (χ0n) is 23.0. The molecule has 3 atom stereocenters. The molecule has 1 saturated carbocycles. The standard InChI is InChI=1S/C27H47N5O5S/c1-37-27(34)29-22-6-8-23(9-7-22)38(35,36)31-15-10-20(11-16-31)21-12-17-32-25(18-21)24(19-28-32)26(33)30-13-4-2-3-5-14-30/h20-25,28H,2-19H2,1H3,(H,29,34). The highest BCUT2D eigenvalue weighted by Gasteiger charge is 2.46. The number of ether oxygens (including phenoxy) is 1. The van der Waals surface area contributed by atoms with Gasteiger partial charge in [0.1, 0.15) is 0 Å². The second-order valence-corrected chi connectivity index (χ2v) is 14.4. The van der Waals surface area contributed by atoms with Crippen molar-refractivity contribution in [1.82, 2.24) is 25.0 Å². The summed E-state index contributed by atoms with van der Waals surface area (Å²) in [6.45, 7) is 4.74. The second-order valence-electron chi connectivity index (χ2n) is 12.1. The molecule has 0 radical (unpaired) electrons. The number of piperidine rings is 2. The molecular weight excluding hydrogens is 506 g/mol. The van der Waals surface area contributed by atoms with Crippen LogP contribution in [-0.2, 0) is 19.6 Å². The van der Waals surface area contributed by atoms with Crippen LogP contribution in [0.5, 0.6) is 0 Å². The maximum Gasteiger partial charge on any atom is 0.407 e. The number of carbonyl (C=O) groups excluding carboxylic acids is 2. The van der Waals surface area contributed by atoms with Gasteiger partial charge in [-0.3, -0.25) is 10.2 Å². The van der Waals surface area contributed by atoms with Gasteiger partial charge in [-0.25, -0.2) is 22.5 Å². The topological polar surface area (TPSA) is 111 Å². The number of sulfonamides is 1. The first-order valence-electron chi connectivity index (χ1n) is 15.0. The van der Waals surface area contributed by atoms with E-state index in [1.165, 1.54) is 20.0 Å². The van der Waals surface area contributed by atoms with E-state index in [0.717, 1.165) is 64.7 Å². The summed E-state index contributed by atoms with van der Waals surface area (Å²) in [5.74, 6) is 1.46. The van der Waals surface area contributed by atoms with Gasteiger partial charge in [0.15, 0.2) is 0 Å². The molecule has 38 heavy (non-hydrogen) atoms. The molecule has 0 aromatic heterocycles. The van der Waals surface area contributed by atoms with Gasteiger partial charge in [-0.2, -0.15) is 0 Å². The predicted molar refractivity (Wildman–Crippen MR) is 145 cm³/mol. The van der Waals surface area contributed by atoms with E-state index in [1.807, 2.05) is 0 Å². The quantitative estimate of drug-likeness (QED) is 0.538. The van der Waals surface area contributed by atoms with Crippen LogP contribution in [0.25, 0.3) is 0 Å². The van der Waals surface area contributed by atoms with Crippen molar-refractivity contribution in [3.05, 3.63) is 0 Å². The molecular formula is C27H47N5O5S. The largest absolute Gasteiger partial charge is 0.453 e. The summed E-state index contributed by atoms with van der Waals surface area (Å²) >= 11 is 0. The van der Waals surface area contributed by atoms with Crippen LogP contribution in [-0.4, -0.2) is 98.3 Å². The van der Waals surface area contributed by atoms with Gasteiger partial charge in [0, 0.05) is 51.4 Å². The van der Waals surface area contributed by atoms with E-state index in [9.17, 15) is 18.0 Å². The van der Waals surface area contributed by atoms with Crippen LogP contribution in [0.4, 0.5) is 4.79 Å². The highest BCUT2D eigenvalue weighted by Crippen LogP contribution is 2.39. The Hall–Kier alpha value is -1.43. The number of hydrogen-bond donors (Lipinski definition) is 2. The van der Waals surface area contributed by atoms with Gasteiger partial charge >= 0.3 is 6.09 Å². The lowest BCUT2D eigenvalue weighted by atomic mass is 9.75. The first-order chi connectivity index (χ1) is 18.4. The van der Waals surface area contributed by atoms with Gasteiger partial charge in [-0.1, -0.05) is 12.8 Å². The van der Waals surface area contributed by atoms with Crippen LogP contribution in [0, 0.1) is 17.8 Å². The monoisotopic (exact) mass is 553 g/mol. The molecule has 0 aromatic carbocycles. The highest BCUT2D eigenvalue weighted by atomic mass is 32.2. The molecule has 2 amide bonds. The Bertz CT molecular complexity index is 924. The summed E-state index contributed by atoms with van der Waals surface area (Å²) in [5.41, 5.74) is 3.52. The lowest BCUT2D eigenvalue weighted by Crippen LogP contribution is -2.50. The van der Waals surface area contributed by atoms with E-state index in [2.05, 4.69) is 25.4 Å². The van der Waals surface area contributed by atoms with Gasteiger partial charge in [0.2, 0.25) is 15.9 Å². The summed E-state index contributed by atoms with van der Waals surface area (Å²) < 4.78 is 33.2. The van der Waals surface area contributed by atoms with Gasteiger partial charge in [-0.05, 0) is 76.0 Å². The molecule has 5 aliphatic rings. The third kappa shape index (κ3) is 6.15. The van der Waals surface area contributed by atoms with E-state index in [0.29, 0.717) is 56.5 Å². The molecule has 0 bridgehead atoms. The molecule has 4 aliphatic heterocycles. The van der Waals surface area contributed by atoms with Crippen LogP contribution >= 0.6 is 0 Å². The number of carbonyl (C=O) groups is 2. The zero-order chi connectivity index (χ0) is 26.7. The van der Waals surface area contributed by atoms with Crippen molar-refractivity contribution in [3.63, 3.8) is 0 Å². The maximum atomic E-state index is 13.4. The summed E-state index contributed by atoms with van der Waals surface area (Å²) in [7, 11) is -1.98. The minimum Gasteiger partial charge on any atom is -0.453 e. The number of likely N-dealkylation sites (tertiary alicyclic amines) is 1. The van der Waals surface area contributed by atoms with Gasteiger partial charge < -0.3 is 15.0 Å². The summed E-state index contributed by atoms with van der Waals surface area (Å²) in [6, 6.07) is 0.255. The second kappa shape index (κ2) is 12.4. The number of alkyl carbamates (subject to hydrolysis) is 1. The van der Waals surface area contributed by atoms with Gasteiger partial charge in [0.25, 0.3) is 0 Å². The molecule has 4 heterocycles. The van der Waals surface area contributed by atoms with Gasteiger partial charge in [0.05, 0.1) is 18.3 Å². The number of hydrazine groups is 1. The Morgan fingerprint density at radius 3 is 2.16 bits per heavy atom. The van der Waals surface area contributed by atoms with Gasteiger partial charge in [-0.15, -0.1) is 0 Å². The van der Waals surface area contributed by atoms with Crippen LogP contribution < -0.4 is 10.7 Å². The summed E-state index contributed by atoms with van der Waals surface area (Å²) in [6.07, 6.45) is 10.7. The molecule has 1 aliphatic carbocycles. The smallest absolute Gasteiger partial charge is 0.407 e. The molecule has 11 heteroatoms. The molecule has 3 unspecified atom stereocenters. The van der Waals surface area contributed by atoms with Crippen molar-refractivity contribution in [3.8, 4) is 0 Å². The summed E-state index contributed by atoms with van der Waals surface area (Å²) in [5, 5.41) is 4.78. The van der Waals surface area contributed by atoms with Crippen molar-refractivity contribution in [1.29, 1.82) is 0 Å². The molecule has 5 rings (SSSR count). The van der Waals surface area contributed by atoms with Crippen LogP contribution in [0.2, 0.25) is 0 Å². The average molecular weight is 554 g/mol. The minimum absolute atomic E-state index is 0.00866. The number of amides is 2. The van der Waals surface area contributed by atoms with E-state index in [-0.39, 0.29) is 23.3 Å². The molecule has 0 spiro atoms. The van der Waals surface area contributed by atoms with Crippen molar-refractivity contribution < 1.29 is 22.7 Å². The predicted octanol–water partition coefficient (Wildman–Crippen LogP) is 2.31. The number of rotatable bonds is 5. The third-order valence-electron chi connectivity index (χ3n) is 10.0. The van der Waals surface area contributed by atoms with E-state index < -0.39 is 16.1 Å². The minimum atomic E-state index is -3.33. The average Bonchev–Trinajstić information content (AvgIpc) is 3.17. The maximum absolute atomic E-state index is 13.4. The molecule has 5 fully saturated rings. The fourth-order valence-corrected chi connectivity index (χ4v) is 9.71. The zero-order valence-corrected chi connectivity index (χ0v) is 23.8. The first-order valence-corrected chi connectivity index (χ1v) is 16.5. The fraction of sp³-hybridized carbons (Fsp3) is 0.926. The number of nitrogens with one attached hydrogen (secondary N) is 2. The van der Waals surface area contributed by atoms with Crippen molar-refractivity contribution >= 4 is 22.0 Å². The lowest BCUT2D eigenvalue weighted by molar-refractivity contribution is -0.136. The van der Waals surface area contributed by atoms with Crippen LogP contribution in [0.1, 0.15) is 77.0 Å². The molecule has 216 valence electrons. The van der Waals surface area contributed by atoms with Crippen LogP contribution in [0.15, 0.2) is 0 Å². The number of hydrogen-bond acceptors (Lipinski definition) is 7.